The van der Waals surface area contributed by atoms with E-state index in [1.165, 1.54) is 4.90 Å². The molecule has 0 aromatic heterocycles. The molecular formula is C11H13NO3. The van der Waals surface area contributed by atoms with Crippen molar-refractivity contribution in [1.29, 1.82) is 0 Å². The van der Waals surface area contributed by atoms with Crippen LogP contribution in [0, 0.1) is 0 Å². The minimum atomic E-state index is -0.304. The molecule has 1 aromatic rings. The Labute approximate surface area is 88.1 Å². The molecule has 4 nitrogen and oxygen atoms in total. The summed E-state index contributed by atoms with van der Waals surface area (Å²) < 4.78 is 4.99. The van der Waals surface area contributed by atoms with Crippen LogP contribution in [0.15, 0.2) is 24.3 Å². The van der Waals surface area contributed by atoms with Crippen LogP contribution < -0.4 is 0 Å². The van der Waals surface area contributed by atoms with Gasteiger partial charge in [-0.1, -0.05) is 18.2 Å². The van der Waals surface area contributed by atoms with Crippen molar-refractivity contribution in [1.82, 2.24) is 4.90 Å². The molecule has 80 valence electrons. The molecule has 1 saturated heterocycles. The first-order valence-electron chi connectivity index (χ1n) is 4.84. The number of ether oxygens (including phenoxy) is 1. The lowest BCUT2D eigenvalue weighted by molar-refractivity contribution is 0.0713. The lowest BCUT2D eigenvalue weighted by atomic mass is 9.98. The number of hydrogen-bond acceptors (Lipinski definition) is 3. The normalized spacial score (nSPS) is 21.3. The Hall–Kier alpha value is -1.71. The topological polar surface area (TPSA) is 49.8 Å². The van der Waals surface area contributed by atoms with Crippen LogP contribution in [0.4, 0.5) is 4.79 Å². The third kappa shape index (κ3) is 1.88. The van der Waals surface area contributed by atoms with Crippen molar-refractivity contribution in [2.75, 3.05) is 20.2 Å². The van der Waals surface area contributed by atoms with Gasteiger partial charge in [-0.05, 0) is 6.07 Å². The van der Waals surface area contributed by atoms with Gasteiger partial charge in [0.05, 0.1) is 0 Å². The molecule has 0 spiro atoms. The molecule has 0 aliphatic carbocycles. The fourth-order valence-electron chi connectivity index (χ4n) is 1.76. The Kier molecular flexibility index (Phi) is 2.49. The first kappa shape index (κ1) is 9.83. The molecule has 1 aliphatic rings. The van der Waals surface area contributed by atoms with Crippen LogP contribution >= 0.6 is 0 Å². The molecule has 1 aliphatic heterocycles. The number of phenols is 1. The molecule has 1 N–H and O–H groups in total. The molecule has 0 radical (unpaired) electrons. The van der Waals surface area contributed by atoms with Crippen molar-refractivity contribution >= 4 is 6.09 Å². The van der Waals surface area contributed by atoms with Gasteiger partial charge < -0.3 is 14.7 Å². The maximum atomic E-state index is 11.1. The van der Waals surface area contributed by atoms with E-state index in [9.17, 15) is 9.90 Å². The number of benzene rings is 1. The van der Waals surface area contributed by atoms with Gasteiger partial charge in [-0.2, -0.15) is 0 Å². The average molecular weight is 207 g/mol. The summed E-state index contributed by atoms with van der Waals surface area (Å²) in [7, 11) is 1.69. The molecule has 4 heteroatoms. The predicted molar refractivity (Wildman–Crippen MR) is 54.8 cm³/mol. The highest BCUT2D eigenvalue weighted by Crippen LogP contribution is 2.28. The maximum Gasteiger partial charge on any atom is 0.409 e. The number of hydrogen-bond donors (Lipinski definition) is 1. The molecule has 1 atom stereocenters. The SMILES string of the molecule is CN1CC(c2ccccc2O)COC1=O. The number of aromatic hydroxyl groups is 1. The first-order valence-corrected chi connectivity index (χ1v) is 4.84. The highest BCUT2D eigenvalue weighted by molar-refractivity contribution is 5.68. The van der Waals surface area contributed by atoms with Gasteiger partial charge in [-0.15, -0.1) is 0 Å². The van der Waals surface area contributed by atoms with E-state index in [1.54, 1.807) is 19.2 Å². The predicted octanol–water partition coefficient (Wildman–Crippen LogP) is 1.56. The van der Waals surface area contributed by atoms with Crippen LogP contribution in [0.5, 0.6) is 5.75 Å². The fourth-order valence-corrected chi connectivity index (χ4v) is 1.76. The van der Waals surface area contributed by atoms with E-state index < -0.39 is 0 Å². The standard InChI is InChI=1S/C11H13NO3/c1-12-6-8(7-15-11(12)14)9-4-2-3-5-10(9)13/h2-5,8,13H,6-7H2,1H3. The van der Waals surface area contributed by atoms with Crippen LogP contribution in [0.3, 0.4) is 0 Å². The van der Waals surface area contributed by atoms with Crippen molar-refractivity contribution in [2.45, 2.75) is 5.92 Å². The molecule has 1 heterocycles. The average Bonchev–Trinajstić information content (AvgIpc) is 2.23. The van der Waals surface area contributed by atoms with E-state index in [4.69, 9.17) is 4.74 Å². The van der Waals surface area contributed by atoms with Gasteiger partial charge in [0.2, 0.25) is 0 Å². The number of cyclic esters (lactones) is 1. The van der Waals surface area contributed by atoms with Gasteiger partial charge in [0, 0.05) is 25.1 Å². The van der Waals surface area contributed by atoms with Crippen LogP contribution in [-0.4, -0.2) is 36.3 Å². The molecule has 1 fully saturated rings. The summed E-state index contributed by atoms with van der Waals surface area (Å²) in [5, 5.41) is 9.66. The smallest absolute Gasteiger partial charge is 0.409 e. The van der Waals surface area contributed by atoms with Gasteiger partial charge in [-0.3, -0.25) is 0 Å². The van der Waals surface area contributed by atoms with Crippen molar-refractivity contribution in [3.05, 3.63) is 29.8 Å². The van der Waals surface area contributed by atoms with Crippen LogP contribution in [-0.2, 0) is 4.74 Å². The molecule has 0 bridgehead atoms. The number of phenolic OH excluding ortho intramolecular Hbond substituents is 1. The Morgan fingerprint density at radius 2 is 2.20 bits per heavy atom. The minimum absolute atomic E-state index is 0.0499. The zero-order valence-corrected chi connectivity index (χ0v) is 8.51. The Morgan fingerprint density at radius 3 is 2.87 bits per heavy atom. The Bertz CT molecular complexity index is 378. The van der Waals surface area contributed by atoms with Crippen molar-refractivity contribution in [3.63, 3.8) is 0 Å². The van der Waals surface area contributed by atoms with Gasteiger partial charge in [0.15, 0.2) is 0 Å². The quantitative estimate of drug-likeness (QED) is 0.760. The number of amides is 1. The third-order valence-corrected chi connectivity index (χ3v) is 2.59. The lowest BCUT2D eigenvalue weighted by Gasteiger charge is -2.29. The first-order chi connectivity index (χ1) is 7.18. The van der Waals surface area contributed by atoms with Crippen LogP contribution in [0.1, 0.15) is 11.5 Å². The summed E-state index contributed by atoms with van der Waals surface area (Å²) in [4.78, 5) is 12.6. The highest BCUT2D eigenvalue weighted by atomic mass is 16.6. The second-order valence-electron chi connectivity index (χ2n) is 3.71. The van der Waals surface area contributed by atoms with Gasteiger partial charge >= 0.3 is 6.09 Å². The summed E-state index contributed by atoms with van der Waals surface area (Å²) in [5.74, 6) is 0.308. The molecule has 1 amide bonds. The Morgan fingerprint density at radius 1 is 1.47 bits per heavy atom. The van der Waals surface area contributed by atoms with Crippen LogP contribution in [0.25, 0.3) is 0 Å². The van der Waals surface area contributed by atoms with Crippen molar-refractivity contribution in [3.8, 4) is 5.75 Å². The molecule has 0 saturated carbocycles. The van der Waals surface area contributed by atoms with E-state index in [0.29, 0.717) is 13.2 Å². The number of para-hydroxylation sites is 1. The highest BCUT2D eigenvalue weighted by Gasteiger charge is 2.26. The molecule has 15 heavy (non-hydrogen) atoms. The van der Waals surface area contributed by atoms with E-state index in [1.807, 2.05) is 12.1 Å². The summed E-state index contributed by atoms with van der Waals surface area (Å²) in [6.45, 7) is 0.914. The summed E-state index contributed by atoms with van der Waals surface area (Å²) in [5.41, 5.74) is 0.830. The largest absolute Gasteiger partial charge is 0.508 e. The number of rotatable bonds is 1. The van der Waals surface area contributed by atoms with Gasteiger partial charge in [0.25, 0.3) is 0 Å². The summed E-state index contributed by atoms with van der Waals surface area (Å²) in [6, 6.07) is 7.14. The number of nitrogens with zero attached hydrogens (tertiary/aromatic N) is 1. The third-order valence-electron chi connectivity index (χ3n) is 2.59. The molecular weight excluding hydrogens is 194 g/mol. The number of likely N-dealkylation sites (N-methyl/N-ethyl adjacent to an activating group) is 1. The van der Waals surface area contributed by atoms with E-state index in [2.05, 4.69) is 0 Å². The van der Waals surface area contributed by atoms with Crippen LogP contribution in [0.2, 0.25) is 0 Å². The van der Waals surface area contributed by atoms with Crippen molar-refractivity contribution in [2.24, 2.45) is 0 Å². The Balaban J connectivity index is 2.19. The lowest BCUT2D eigenvalue weighted by Crippen LogP contribution is -2.39. The zero-order chi connectivity index (χ0) is 10.8. The second kappa shape index (κ2) is 3.81. The van der Waals surface area contributed by atoms with Gasteiger partial charge in [0.1, 0.15) is 12.4 Å². The minimum Gasteiger partial charge on any atom is -0.508 e. The maximum absolute atomic E-state index is 11.1. The van der Waals surface area contributed by atoms with E-state index in [0.717, 1.165) is 5.56 Å². The number of carbonyl (C=O) groups is 1. The summed E-state index contributed by atoms with van der Waals surface area (Å²) in [6.07, 6.45) is -0.304. The van der Waals surface area contributed by atoms with E-state index in [-0.39, 0.29) is 17.8 Å². The molecule has 2 rings (SSSR count). The van der Waals surface area contributed by atoms with Gasteiger partial charge in [-0.25, -0.2) is 4.79 Å². The summed E-state index contributed by atoms with van der Waals surface area (Å²) >= 11 is 0. The molecule has 1 unspecified atom stereocenters. The second-order valence-corrected chi connectivity index (χ2v) is 3.71. The zero-order valence-electron chi connectivity index (χ0n) is 8.51. The monoisotopic (exact) mass is 207 g/mol. The van der Waals surface area contributed by atoms with E-state index >= 15 is 0 Å². The number of carbonyl (C=O) groups excluding carboxylic acids is 1. The fraction of sp³-hybridized carbons (Fsp3) is 0.364. The molecule has 1 aromatic carbocycles. The van der Waals surface area contributed by atoms with Crippen molar-refractivity contribution < 1.29 is 14.6 Å².